The first-order valence-electron chi connectivity index (χ1n) is 8.63. The van der Waals surface area contributed by atoms with Crippen LogP contribution < -0.4 is 10.1 Å². The number of aromatic hydroxyl groups is 1. The Hall–Kier alpha value is -3.53. The van der Waals surface area contributed by atoms with E-state index < -0.39 is 0 Å². The third-order valence-corrected chi connectivity index (χ3v) is 4.10. The van der Waals surface area contributed by atoms with Crippen molar-refractivity contribution < 1.29 is 14.6 Å². The Labute approximate surface area is 158 Å². The van der Waals surface area contributed by atoms with E-state index in [-0.39, 0.29) is 18.1 Å². The average Bonchev–Trinajstić information content (AvgIpc) is 2.69. The molecule has 0 unspecified atom stereocenters. The number of carbonyl (C=O) groups is 1. The van der Waals surface area contributed by atoms with Gasteiger partial charge in [-0.25, -0.2) is 0 Å². The first kappa shape index (κ1) is 18.3. The maximum absolute atomic E-state index is 12.5. The van der Waals surface area contributed by atoms with Gasteiger partial charge in [-0.15, -0.1) is 0 Å². The summed E-state index contributed by atoms with van der Waals surface area (Å²) in [6.45, 7) is 0. The van der Waals surface area contributed by atoms with Crippen LogP contribution >= 0.6 is 0 Å². The van der Waals surface area contributed by atoms with E-state index in [1.807, 2.05) is 66.7 Å². The highest BCUT2D eigenvalue weighted by atomic mass is 16.5. The predicted molar refractivity (Wildman–Crippen MR) is 109 cm³/mol. The lowest BCUT2D eigenvalue weighted by Crippen LogP contribution is -2.15. The Balaban J connectivity index is 1.72. The third kappa shape index (κ3) is 4.98. The molecule has 136 valence electrons. The number of carbonyl (C=O) groups excluding carboxylic acids is 1. The smallest absolute Gasteiger partial charge is 0.228 e. The molecule has 4 heteroatoms. The molecule has 0 aromatic heterocycles. The monoisotopic (exact) mass is 359 g/mol. The average molecular weight is 359 g/mol. The number of hydrogen-bond acceptors (Lipinski definition) is 3. The van der Waals surface area contributed by atoms with Crippen molar-refractivity contribution in [3.63, 3.8) is 0 Å². The van der Waals surface area contributed by atoms with Gasteiger partial charge in [0.1, 0.15) is 0 Å². The van der Waals surface area contributed by atoms with Crippen LogP contribution in [0.15, 0.2) is 72.8 Å². The van der Waals surface area contributed by atoms with E-state index in [1.54, 1.807) is 12.1 Å². The molecular weight excluding hydrogens is 338 g/mol. The Morgan fingerprint density at radius 2 is 1.74 bits per heavy atom. The van der Waals surface area contributed by atoms with E-state index in [0.29, 0.717) is 5.75 Å². The molecule has 4 nitrogen and oxygen atoms in total. The number of phenolic OH excluding ortho intramolecular Hbond substituents is 1. The molecule has 0 saturated carbocycles. The molecule has 3 aromatic rings. The molecule has 27 heavy (non-hydrogen) atoms. The lowest BCUT2D eigenvalue weighted by atomic mass is 10.1. The molecule has 0 atom stereocenters. The van der Waals surface area contributed by atoms with E-state index in [0.717, 1.165) is 22.4 Å². The van der Waals surface area contributed by atoms with Gasteiger partial charge in [-0.2, -0.15) is 0 Å². The van der Waals surface area contributed by atoms with Crippen LogP contribution in [0.25, 0.3) is 12.2 Å². The zero-order valence-electron chi connectivity index (χ0n) is 15.1. The van der Waals surface area contributed by atoms with Crippen LogP contribution in [-0.2, 0) is 11.2 Å². The van der Waals surface area contributed by atoms with Gasteiger partial charge in [0.25, 0.3) is 0 Å². The largest absolute Gasteiger partial charge is 0.504 e. The number of amides is 1. The second-order valence-corrected chi connectivity index (χ2v) is 6.06. The van der Waals surface area contributed by atoms with Gasteiger partial charge in [0.2, 0.25) is 5.91 Å². The maximum atomic E-state index is 12.5. The van der Waals surface area contributed by atoms with Gasteiger partial charge in [-0.3, -0.25) is 4.79 Å². The normalized spacial score (nSPS) is 10.7. The number of nitrogens with one attached hydrogen (secondary N) is 1. The third-order valence-electron chi connectivity index (χ3n) is 4.10. The molecule has 0 heterocycles. The molecule has 0 aliphatic carbocycles. The molecule has 0 fully saturated rings. The van der Waals surface area contributed by atoms with E-state index >= 15 is 0 Å². The highest BCUT2D eigenvalue weighted by molar-refractivity contribution is 5.95. The van der Waals surface area contributed by atoms with Crippen molar-refractivity contribution in [1.82, 2.24) is 0 Å². The van der Waals surface area contributed by atoms with Crippen molar-refractivity contribution in [2.24, 2.45) is 0 Å². The number of methoxy groups -OCH3 is 1. The van der Waals surface area contributed by atoms with E-state index in [1.165, 1.54) is 13.2 Å². The number of rotatable bonds is 6. The molecule has 0 radical (unpaired) electrons. The number of ether oxygens (including phenoxy) is 1. The maximum Gasteiger partial charge on any atom is 0.228 e. The van der Waals surface area contributed by atoms with Gasteiger partial charge in [0.05, 0.1) is 13.5 Å². The van der Waals surface area contributed by atoms with Crippen molar-refractivity contribution >= 4 is 23.7 Å². The molecule has 3 rings (SSSR count). The van der Waals surface area contributed by atoms with Crippen LogP contribution in [0.2, 0.25) is 0 Å². The molecule has 0 saturated heterocycles. The summed E-state index contributed by atoms with van der Waals surface area (Å²) in [5, 5.41) is 12.6. The minimum atomic E-state index is -0.136. The van der Waals surface area contributed by atoms with E-state index in [9.17, 15) is 9.90 Å². The number of phenols is 1. The minimum Gasteiger partial charge on any atom is -0.504 e. The molecule has 0 aliphatic heterocycles. The van der Waals surface area contributed by atoms with Gasteiger partial charge in [0.15, 0.2) is 11.5 Å². The fourth-order valence-corrected chi connectivity index (χ4v) is 2.72. The Kier molecular flexibility index (Phi) is 5.90. The van der Waals surface area contributed by atoms with Gasteiger partial charge in [0, 0.05) is 5.69 Å². The lowest BCUT2D eigenvalue weighted by molar-refractivity contribution is -0.115. The molecule has 0 spiro atoms. The number of para-hydroxylation sites is 1. The quantitative estimate of drug-likeness (QED) is 0.624. The number of anilines is 1. The Morgan fingerprint density at radius 3 is 2.52 bits per heavy atom. The van der Waals surface area contributed by atoms with Crippen LogP contribution in [0.4, 0.5) is 5.69 Å². The van der Waals surface area contributed by atoms with Crippen LogP contribution in [0.5, 0.6) is 11.5 Å². The summed E-state index contributed by atoms with van der Waals surface area (Å²) in [5.41, 5.74) is 3.53. The summed E-state index contributed by atoms with van der Waals surface area (Å²) in [6, 6.07) is 22.5. The topological polar surface area (TPSA) is 58.6 Å². The molecule has 1 amide bonds. The van der Waals surface area contributed by atoms with Crippen LogP contribution in [0.1, 0.15) is 16.7 Å². The fraction of sp³-hybridized carbons (Fsp3) is 0.0870. The first-order valence-corrected chi connectivity index (χ1v) is 8.63. The van der Waals surface area contributed by atoms with Crippen molar-refractivity contribution in [1.29, 1.82) is 0 Å². The zero-order valence-corrected chi connectivity index (χ0v) is 15.1. The van der Waals surface area contributed by atoms with Gasteiger partial charge in [-0.1, -0.05) is 66.7 Å². The second kappa shape index (κ2) is 8.72. The van der Waals surface area contributed by atoms with Gasteiger partial charge >= 0.3 is 0 Å². The van der Waals surface area contributed by atoms with Gasteiger partial charge in [-0.05, 0) is 34.9 Å². The Morgan fingerprint density at radius 1 is 1.00 bits per heavy atom. The highest BCUT2D eigenvalue weighted by Gasteiger charge is 2.09. The van der Waals surface area contributed by atoms with Gasteiger partial charge < -0.3 is 15.2 Å². The first-order chi connectivity index (χ1) is 13.2. The SMILES string of the molecule is COc1cc(CC(=O)Nc2ccccc2/C=C\c2ccccc2)ccc1O. The van der Waals surface area contributed by atoms with Crippen LogP contribution in [0.3, 0.4) is 0 Å². The zero-order chi connectivity index (χ0) is 19.1. The molecule has 0 bridgehead atoms. The van der Waals surface area contributed by atoms with Crippen molar-refractivity contribution in [2.75, 3.05) is 12.4 Å². The summed E-state index contributed by atoms with van der Waals surface area (Å²) in [6.07, 6.45) is 4.18. The van der Waals surface area contributed by atoms with Crippen molar-refractivity contribution in [3.8, 4) is 11.5 Å². The highest BCUT2D eigenvalue weighted by Crippen LogP contribution is 2.26. The minimum absolute atomic E-state index is 0.0538. The standard InChI is InChI=1S/C23H21NO3/c1-27-22-15-18(12-14-21(22)25)16-23(26)24-20-10-6-5-9-19(20)13-11-17-7-3-2-4-8-17/h2-15,25H,16H2,1H3,(H,24,26)/b13-11-. The number of benzene rings is 3. The summed E-state index contributed by atoms with van der Waals surface area (Å²) < 4.78 is 5.09. The molecule has 3 aromatic carbocycles. The van der Waals surface area contributed by atoms with Crippen molar-refractivity contribution in [2.45, 2.75) is 6.42 Å². The molecular formula is C23H21NO3. The van der Waals surface area contributed by atoms with Crippen molar-refractivity contribution in [3.05, 3.63) is 89.5 Å². The Bertz CT molecular complexity index is 949. The fourth-order valence-electron chi connectivity index (χ4n) is 2.72. The van der Waals surface area contributed by atoms with E-state index in [4.69, 9.17) is 4.74 Å². The summed E-state index contributed by atoms with van der Waals surface area (Å²) in [4.78, 5) is 12.5. The molecule has 0 aliphatic rings. The van der Waals surface area contributed by atoms with Crippen LogP contribution in [0, 0.1) is 0 Å². The number of hydrogen-bond donors (Lipinski definition) is 2. The van der Waals surface area contributed by atoms with Crippen LogP contribution in [-0.4, -0.2) is 18.1 Å². The summed E-state index contributed by atoms with van der Waals surface area (Å²) in [7, 11) is 1.48. The second-order valence-electron chi connectivity index (χ2n) is 6.06. The van der Waals surface area contributed by atoms with E-state index in [2.05, 4.69) is 5.32 Å². The lowest BCUT2D eigenvalue weighted by Gasteiger charge is -2.10. The summed E-state index contributed by atoms with van der Waals surface area (Å²) in [5.74, 6) is 0.271. The predicted octanol–water partition coefficient (Wildman–Crippen LogP) is 4.75. The molecule has 2 N–H and O–H groups in total. The summed E-state index contributed by atoms with van der Waals surface area (Å²) >= 11 is 0.